The van der Waals surface area contributed by atoms with Crippen molar-refractivity contribution in [1.82, 2.24) is 9.55 Å². The van der Waals surface area contributed by atoms with Crippen LogP contribution in [0.25, 0.3) is 0 Å². The van der Waals surface area contributed by atoms with Crippen molar-refractivity contribution in [3.05, 3.63) is 22.7 Å². The highest BCUT2D eigenvalue weighted by Gasteiger charge is 2.51. The fourth-order valence-corrected chi connectivity index (χ4v) is 2.94. The van der Waals surface area contributed by atoms with E-state index in [0.29, 0.717) is 6.42 Å². The molecule has 1 aliphatic heterocycles. The van der Waals surface area contributed by atoms with Crippen molar-refractivity contribution in [2.24, 2.45) is 0 Å². The van der Waals surface area contributed by atoms with E-state index in [1.165, 1.54) is 31.0 Å². The molecule has 2 rings (SSSR count). The Balaban J connectivity index is 2.32. The van der Waals surface area contributed by atoms with Crippen molar-refractivity contribution in [2.75, 3.05) is 20.0 Å². The van der Waals surface area contributed by atoms with E-state index in [9.17, 15) is 9.36 Å². The van der Waals surface area contributed by atoms with Crippen LogP contribution in [0.15, 0.2) is 17.1 Å². The minimum absolute atomic E-state index is 0.121. The molecule has 10 heteroatoms. The lowest BCUT2D eigenvalue weighted by Gasteiger charge is -2.20. The molecule has 1 saturated heterocycles. The van der Waals surface area contributed by atoms with Crippen molar-refractivity contribution in [3.8, 4) is 0 Å². The summed E-state index contributed by atoms with van der Waals surface area (Å²) in [6, 6.07) is 1.49. The van der Waals surface area contributed by atoms with E-state index in [2.05, 4.69) is 9.51 Å². The quantitative estimate of drug-likeness (QED) is 0.762. The van der Waals surface area contributed by atoms with Gasteiger partial charge in [0, 0.05) is 17.9 Å². The third kappa shape index (κ3) is 3.34. The zero-order valence-corrected chi connectivity index (χ0v) is 13.4. The Morgan fingerprint density at radius 2 is 2.18 bits per heavy atom. The van der Waals surface area contributed by atoms with Gasteiger partial charge in [0.2, 0.25) is 0 Å². The lowest BCUT2D eigenvalue weighted by atomic mass is 10.1. The molecule has 0 radical (unpaired) electrons. The molecular weight excluding hydrogens is 313 g/mol. The Hall–Kier alpha value is -1.38. The number of hydrogen-bond acceptors (Lipinski definition) is 8. The highest BCUT2D eigenvalue weighted by Crippen LogP contribution is 2.39. The van der Waals surface area contributed by atoms with Gasteiger partial charge in [-0.1, -0.05) is 6.92 Å². The van der Waals surface area contributed by atoms with Gasteiger partial charge in [0.05, 0.1) is 13.2 Å². The van der Waals surface area contributed by atoms with Crippen LogP contribution >= 0.6 is 8.25 Å². The highest BCUT2D eigenvalue weighted by atomic mass is 31.1. The van der Waals surface area contributed by atoms with Crippen LogP contribution in [0.3, 0.4) is 0 Å². The van der Waals surface area contributed by atoms with E-state index in [1.807, 2.05) is 6.92 Å². The first-order chi connectivity index (χ1) is 10.5. The van der Waals surface area contributed by atoms with Gasteiger partial charge < -0.3 is 15.2 Å². The molecule has 122 valence electrons. The Bertz CT molecular complexity index is 594. The summed E-state index contributed by atoms with van der Waals surface area (Å²) in [6.07, 6.45) is -0.345. The molecule has 1 aliphatic rings. The fourth-order valence-electron chi connectivity index (χ4n) is 2.40. The van der Waals surface area contributed by atoms with Gasteiger partial charge in [-0.15, -0.1) is 9.05 Å². The lowest BCUT2D eigenvalue weighted by molar-refractivity contribution is -0.0537. The first-order valence-electron chi connectivity index (χ1n) is 6.72. The topological polar surface area (TPSA) is 115 Å². The van der Waals surface area contributed by atoms with Gasteiger partial charge in [-0.05, 0) is 12.5 Å². The minimum Gasteiger partial charge on any atom is -0.383 e. The van der Waals surface area contributed by atoms with Crippen molar-refractivity contribution < 1.29 is 23.1 Å². The van der Waals surface area contributed by atoms with Crippen LogP contribution in [0.4, 0.5) is 5.82 Å². The first-order valence-corrected chi connectivity index (χ1v) is 7.82. The summed E-state index contributed by atoms with van der Waals surface area (Å²) in [5.74, 6) is 0.121. The third-order valence-electron chi connectivity index (χ3n) is 3.44. The van der Waals surface area contributed by atoms with Crippen molar-refractivity contribution in [1.29, 1.82) is 0 Å². The number of aromatic nitrogens is 2. The Morgan fingerprint density at radius 1 is 1.45 bits per heavy atom. The average molecular weight is 332 g/mol. The van der Waals surface area contributed by atoms with Gasteiger partial charge >= 0.3 is 13.9 Å². The molecule has 1 fully saturated rings. The van der Waals surface area contributed by atoms with Crippen LogP contribution < -0.4 is 11.4 Å². The summed E-state index contributed by atoms with van der Waals surface area (Å²) in [5.41, 5.74) is 4.92. The smallest absolute Gasteiger partial charge is 0.383 e. The summed E-state index contributed by atoms with van der Waals surface area (Å²) in [6.45, 7) is 1.89. The molecule has 0 spiro atoms. The summed E-state index contributed by atoms with van der Waals surface area (Å²) in [7, 11) is 0.456. The molecule has 0 amide bonds. The van der Waals surface area contributed by atoms with Crippen LogP contribution in [0.1, 0.15) is 19.6 Å². The fraction of sp³-hybridized carbons (Fsp3) is 0.667. The van der Waals surface area contributed by atoms with E-state index in [0.717, 1.165) is 0 Å². The van der Waals surface area contributed by atoms with Gasteiger partial charge in [0.15, 0.2) is 12.3 Å². The molecule has 1 aromatic rings. The zero-order chi connectivity index (χ0) is 16.3. The minimum atomic E-state index is -2.29. The molecule has 2 N–H and O–H groups in total. The molecule has 2 heterocycles. The molecular formula is C12H19N3O6P+. The van der Waals surface area contributed by atoms with Crippen molar-refractivity contribution in [2.45, 2.75) is 37.9 Å². The van der Waals surface area contributed by atoms with Crippen molar-refractivity contribution in [3.63, 3.8) is 0 Å². The second kappa shape index (κ2) is 7.26. The number of nitrogen functional groups attached to an aromatic ring is 1. The molecule has 22 heavy (non-hydrogen) atoms. The number of hydrogen-bond donors (Lipinski definition) is 1. The third-order valence-corrected chi connectivity index (χ3v) is 4.16. The molecule has 5 atom stereocenters. The molecule has 0 bridgehead atoms. The summed E-state index contributed by atoms with van der Waals surface area (Å²) >= 11 is 0. The predicted octanol–water partition coefficient (Wildman–Crippen LogP) is 0.837. The molecule has 0 aromatic carbocycles. The van der Waals surface area contributed by atoms with Crippen LogP contribution in [0.5, 0.6) is 0 Å². The van der Waals surface area contributed by atoms with Crippen LogP contribution in [0.2, 0.25) is 0 Å². The van der Waals surface area contributed by atoms with Crippen molar-refractivity contribution >= 4 is 14.1 Å². The summed E-state index contributed by atoms with van der Waals surface area (Å²) in [5, 5.41) is 0. The molecule has 9 nitrogen and oxygen atoms in total. The van der Waals surface area contributed by atoms with Gasteiger partial charge in [-0.3, -0.25) is 4.57 Å². The van der Waals surface area contributed by atoms with E-state index < -0.39 is 38.5 Å². The number of methoxy groups -OCH3 is 1. The lowest BCUT2D eigenvalue weighted by Crippen LogP contribution is -2.37. The number of nitrogens with two attached hydrogens (primary N) is 1. The average Bonchev–Trinajstić information content (AvgIpc) is 2.84. The van der Waals surface area contributed by atoms with E-state index in [1.54, 1.807) is 0 Å². The zero-order valence-electron chi connectivity index (χ0n) is 12.5. The van der Waals surface area contributed by atoms with E-state index in [4.69, 9.17) is 19.7 Å². The maximum absolute atomic E-state index is 12.0. The van der Waals surface area contributed by atoms with E-state index in [-0.39, 0.29) is 5.82 Å². The number of ether oxygens (including phenoxy) is 2. The standard InChI is InChI=1S/C12H18N3O6P/c1-4-7-9(21-22(17)19-3)10(18-2)11(20-7)15-6-5-8(13)14-12(15)16/h5-7,9-11H,4H2,1-3H3,(H-,13,14,16)/p+1/t7-,9?,10?,11-/m1/s1. The molecule has 1 aromatic heterocycles. The normalized spacial score (nSPS) is 28.8. The number of rotatable bonds is 6. The van der Waals surface area contributed by atoms with Crippen LogP contribution in [-0.2, 0) is 23.1 Å². The first kappa shape index (κ1) is 17.0. The summed E-state index contributed by atoms with van der Waals surface area (Å²) in [4.78, 5) is 15.6. The largest absolute Gasteiger partial charge is 0.697 e. The van der Waals surface area contributed by atoms with Crippen LogP contribution in [-0.4, -0.2) is 42.1 Å². The van der Waals surface area contributed by atoms with Gasteiger partial charge in [-0.25, -0.2) is 4.79 Å². The number of nitrogens with zero attached hydrogens (tertiary/aromatic N) is 2. The second-order valence-electron chi connectivity index (χ2n) is 4.69. The maximum Gasteiger partial charge on any atom is 0.697 e. The SMILES string of the molecule is CC[C@H]1O[C@@H](n2ccc(N)nc2=O)C(OC)C1O[P+](=O)OC. The Labute approximate surface area is 128 Å². The predicted molar refractivity (Wildman–Crippen MR) is 77.4 cm³/mol. The monoisotopic (exact) mass is 332 g/mol. The molecule has 0 aliphatic carbocycles. The van der Waals surface area contributed by atoms with Gasteiger partial charge in [0.25, 0.3) is 0 Å². The van der Waals surface area contributed by atoms with E-state index >= 15 is 0 Å². The van der Waals surface area contributed by atoms with Crippen LogP contribution in [0, 0.1) is 0 Å². The summed E-state index contributed by atoms with van der Waals surface area (Å²) < 4.78 is 34.1. The second-order valence-corrected chi connectivity index (χ2v) is 5.72. The Morgan fingerprint density at radius 3 is 2.73 bits per heavy atom. The maximum atomic E-state index is 12.0. The highest BCUT2D eigenvalue weighted by molar-refractivity contribution is 7.33. The van der Waals surface area contributed by atoms with Gasteiger partial charge in [0.1, 0.15) is 11.9 Å². The Kier molecular flexibility index (Phi) is 5.60. The molecule has 3 unspecified atom stereocenters. The molecule has 0 saturated carbocycles. The number of anilines is 1. The van der Waals surface area contributed by atoms with Gasteiger partial charge in [-0.2, -0.15) is 4.98 Å².